The SMILES string of the molecule is CCc1nn2c(c1C(=O)NCc1ccc(-c3nc4n(n3)CC[C@H](C(F)(F)F)C4)cc1)C[C@@H](C)CC2. The van der Waals surface area contributed by atoms with Gasteiger partial charge in [0, 0.05) is 31.6 Å². The Morgan fingerprint density at radius 2 is 1.83 bits per heavy atom. The zero-order valence-corrected chi connectivity index (χ0v) is 19.9. The highest BCUT2D eigenvalue weighted by molar-refractivity contribution is 5.96. The monoisotopic (exact) mass is 486 g/mol. The highest BCUT2D eigenvalue weighted by Crippen LogP contribution is 2.35. The van der Waals surface area contributed by atoms with Crippen LogP contribution < -0.4 is 5.32 Å². The van der Waals surface area contributed by atoms with Gasteiger partial charge in [-0.15, -0.1) is 0 Å². The summed E-state index contributed by atoms with van der Waals surface area (Å²) in [5.74, 6) is -0.147. The number of nitrogens with zero attached hydrogens (tertiary/aromatic N) is 5. The molecular formula is C25H29F3N6O. The van der Waals surface area contributed by atoms with Crippen LogP contribution in [0.3, 0.4) is 0 Å². The van der Waals surface area contributed by atoms with Gasteiger partial charge in [0.25, 0.3) is 5.91 Å². The van der Waals surface area contributed by atoms with Crippen LogP contribution in [0, 0.1) is 11.8 Å². The van der Waals surface area contributed by atoms with E-state index in [2.05, 4.69) is 27.4 Å². The number of alkyl halides is 3. The molecule has 5 rings (SSSR count). The molecule has 2 aromatic heterocycles. The van der Waals surface area contributed by atoms with Gasteiger partial charge in [-0.25, -0.2) is 9.67 Å². The number of benzene rings is 1. The molecule has 4 heterocycles. The molecular weight excluding hydrogens is 457 g/mol. The lowest BCUT2D eigenvalue weighted by atomic mass is 9.95. The predicted molar refractivity (Wildman–Crippen MR) is 124 cm³/mol. The topological polar surface area (TPSA) is 77.6 Å². The summed E-state index contributed by atoms with van der Waals surface area (Å²) in [5.41, 5.74) is 4.22. The van der Waals surface area contributed by atoms with Crippen molar-refractivity contribution in [3.05, 3.63) is 52.6 Å². The summed E-state index contributed by atoms with van der Waals surface area (Å²) in [6.45, 7) is 5.64. The van der Waals surface area contributed by atoms with Gasteiger partial charge in [0.1, 0.15) is 5.82 Å². The van der Waals surface area contributed by atoms with Gasteiger partial charge >= 0.3 is 6.18 Å². The second-order valence-corrected chi connectivity index (χ2v) is 9.63. The van der Waals surface area contributed by atoms with Crippen LogP contribution >= 0.6 is 0 Å². The largest absolute Gasteiger partial charge is 0.392 e. The van der Waals surface area contributed by atoms with Gasteiger partial charge in [-0.2, -0.15) is 23.4 Å². The lowest BCUT2D eigenvalue weighted by Gasteiger charge is -2.24. The van der Waals surface area contributed by atoms with Crippen molar-refractivity contribution in [2.75, 3.05) is 0 Å². The molecule has 2 atom stereocenters. The van der Waals surface area contributed by atoms with E-state index in [9.17, 15) is 18.0 Å². The van der Waals surface area contributed by atoms with E-state index in [1.54, 1.807) is 4.68 Å². The number of fused-ring (bicyclic) bond motifs is 2. The number of aromatic nitrogens is 5. The van der Waals surface area contributed by atoms with E-state index in [0.717, 1.165) is 41.9 Å². The van der Waals surface area contributed by atoms with Crippen LogP contribution in [0.5, 0.6) is 0 Å². The number of halogens is 3. The van der Waals surface area contributed by atoms with Crippen LogP contribution in [-0.2, 0) is 38.9 Å². The molecule has 0 aliphatic carbocycles. The normalized spacial score (nSPS) is 19.8. The zero-order valence-electron chi connectivity index (χ0n) is 19.9. The number of hydrogen-bond acceptors (Lipinski definition) is 4. The van der Waals surface area contributed by atoms with Crippen LogP contribution in [0.2, 0.25) is 0 Å². The molecule has 35 heavy (non-hydrogen) atoms. The molecule has 2 aliphatic heterocycles. The third-order valence-corrected chi connectivity index (χ3v) is 7.06. The maximum atomic E-state index is 13.1. The first kappa shape index (κ1) is 23.6. The maximum absolute atomic E-state index is 13.1. The van der Waals surface area contributed by atoms with Crippen molar-refractivity contribution >= 4 is 5.91 Å². The number of amides is 1. The first-order chi connectivity index (χ1) is 16.7. The fourth-order valence-corrected chi connectivity index (χ4v) is 4.98. The van der Waals surface area contributed by atoms with E-state index in [4.69, 9.17) is 0 Å². The van der Waals surface area contributed by atoms with Crippen LogP contribution in [0.15, 0.2) is 24.3 Å². The minimum absolute atomic E-state index is 0.0250. The van der Waals surface area contributed by atoms with Crippen LogP contribution in [0.4, 0.5) is 13.2 Å². The summed E-state index contributed by atoms with van der Waals surface area (Å²) < 4.78 is 42.8. The number of carbonyl (C=O) groups excluding carboxylic acids is 1. The van der Waals surface area contributed by atoms with E-state index in [0.29, 0.717) is 36.1 Å². The van der Waals surface area contributed by atoms with Crippen molar-refractivity contribution in [3.63, 3.8) is 0 Å². The summed E-state index contributed by atoms with van der Waals surface area (Å²) in [7, 11) is 0. The minimum Gasteiger partial charge on any atom is -0.348 e. The Hall–Kier alpha value is -3.17. The summed E-state index contributed by atoms with van der Waals surface area (Å²) in [5, 5.41) is 12.1. The van der Waals surface area contributed by atoms with Gasteiger partial charge in [0.2, 0.25) is 0 Å². The summed E-state index contributed by atoms with van der Waals surface area (Å²) >= 11 is 0. The second kappa shape index (κ2) is 9.13. The lowest BCUT2D eigenvalue weighted by molar-refractivity contribution is -0.179. The van der Waals surface area contributed by atoms with E-state index in [1.807, 2.05) is 35.9 Å². The summed E-state index contributed by atoms with van der Waals surface area (Å²) in [6, 6.07) is 7.44. The molecule has 1 N–H and O–H groups in total. The number of aryl methyl sites for hydroxylation is 3. The van der Waals surface area contributed by atoms with Gasteiger partial charge in [0.15, 0.2) is 5.82 Å². The minimum atomic E-state index is -4.21. The van der Waals surface area contributed by atoms with Crippen LogP contribution in [-0.4, -0.2) is 36.6 Å². The third kappa shape index (κ3) is 4.70. The van der Waals surface area contributed by atoms with Crippen LogP contribution in [0.1, 0.15) is 59.8 Å². The molecule has 0 spiro atoms. The molecule has 0 radical (unpaired) electrons. The number of rotatable bonds is 5. The fourth-order valence-electron chi connectivity index (χ4n) is 4.98. The second-order valence-electron chi connectivity index (χ2n) is 9.63. The van der Waals surface area contributed by atoms with Crippen molar-refractivity contribution < 1.29 is 18.0 Å². The van der Waals surface area contributed by atoms with Gasteiger partial charge in [-0.1, -0.05) is 38.1 Å². The van der Waals surface area contributed by atoms with Crippen molar-refractivity contribution in [3.8, 4) is 11.4 Å². The molecule has 1 amide bonds. The van der Waals surface area contributed by atoms with Crippen molar-refractivity contribution in [1.82, 2.24) is 29.9 Å². The third-order valence-electron chi connectivity index (χ3n) is 7.06. The molecule has 0 unspecified atom stereocenters. The lowest BCUT2D eigenvalue weighted by Crippen LogP contribution is -2.31. The van der Waals surface area contributed by atoms with Crippen molar-refractivity contribution in [2.45, 2.75) is 71.8 Å². The molecule has 0 saturated carbocycles. The van der Waals surface area contributed by atoms with Gasteiger partial charge in [-0.05, 0) is 37.2 Å². The highest BCUT2D eigenvalue weighted by Gasteiger charge is 2.42. The summed E-state index contributed by atoms with van der Waals surface area (Å²) in [6.07, 6.45) is -1.69. The average Bonchev–Trinajstić information content (AvgIpc) is 3.42. The quantitative estimate of drug-likeness (QED) is 0.582. The Kier molecular flexibility index (Phi) is 6.14. The maximum Gasteiger partial charge on any atom is 0.392 e. The van der Waals surface area contributed by atoms with E-state index >= 15 is 0 Å². The first-order valence-electron chi connectivity index (χ1n) is 12.2. The van der Waals surface area contributed by atoms with Crippen LogP contribution in [0.25, 0.3) is 11.4 Å². The van der Waals surface area contributed by atoms with Crippen molar-refractivity contribution in [2.24, 2.45) is 11.8 Å². The molecule has 186 valence electrons. The van der Waals surface area contributed by atoms with Crippen molar-refractivity contribution in [1.29, 1.82) is 0 Å². The van der Waals surface area contributed by atoms with E-state index in [-0.39, 0.29) is 25.3 Å². The Morgan fingerprint density at radius 1 is 1.09 bits per heavy atom. The average molecular weight is 487 g/mol. The molecule has 0 saturated heterocycles. The smallest absolute Gasteiger partial charge is 0.348 e. The van der Waals surface area contributed by atoms with Gasteiger partial charge in [-0.3, -0.25) is 9.48 Å². The highest BCUT2D eigenvalue weighted by atomic mass is 19.4. The molecule has 10 heteroatoms. The molecule has 7 nitrogen and oxygen atoms in total. The Balaban J connectivity index is 1.26. The Labute approximate surface area is 201 Å². The molecule has 0 bridgehead atoms. The molecule has 3 aromatic rings. The molecule has 1 aromatic carbocycles. The van der Waals surface area contributed by atoms with E-state index < -0.39 is 12.1 Å². The number of hydrogen-bond donors (Lipinski definition) is 1. The number of carbonyl (C=O) groups is 1. The van der Waals surface area contributed by atoms with Gasteiger partial charge < -0.3 is 5.32 Å². The molecule has 0 fully saturated rings. The Bertz CT molecular complexity index is 1230. The van der Waals surface area contributed by atoms with Gasteiger partial charge in [0.05, 0.1) is 22.9 Å². The standard InChI is InChI=1S/C25H29F3N6O/c1-3-19-22(20-12-15(2)8-10-33(20)31-19)24(35)29-14-16-4-6-17(7-5-16)23-30-21-13-18(25(26,27)28)9-11-34(21)32-23/h4-7,15,18H,3,8-14H2,1-2H3,(H,29,35)/t15-,18-/m0/s1. The Morgan fingerprint density at radius 3 is 2.54 bits per heavy atom. The predicted octanol–water partition coefficient (Wildman–Crippen LogP) is 4.34. The molecule has 2 aliphatic rings. The first-order valence-corrected chi connectivity index (χ1v) is 12.2. The van der Waals surface area contributed by atoms with E-state index in [1.165, 1.54) is 0 Å². The summed E-state index contributed by atoms with van der Waals surface area (Å²) in [4.78, 5) is 17.4. The fraction of sp³-hybridized carbons (Fsp3) is 0.520. The zero-order chi connectivity index (χ0) is 24.7. The number of nitrogens with one attached hydrogen (secondary N) is 1.